The summed E-state index contributed by atoms with van der Waals surface area (Å²) in [4.78, 5) is 24.0. The van der Waals surface area contributed by atoms with E-state index >= 15 is 0 Å². The maximum absolute atomic E-state index is 12.0. The van der Waals surface area contributed by atoms with Gasteiger partial charge in [0.2, 0.25) is 0 Å². The van der Waals surface area contributed by atoms with E-state index in [0.29, 0.717) is 6.54 Å². The molecular weight excluding hydrogens is 406 g/mol. The molecule has 2 aliphatic heterocycles. The van der Waals surface area contributed by atoms with Crippen molar-refractivity contribution in [3.8, 4) is 5.75 Å². The van der Waals surface area contributed by atoms with E-state index in [0.717, 1.165) is 70.5 Å². The lowest BCUT2D eigenvalue weighted by Crippen LogP contribution is -2.46. The number of benzene rings is 1. The summed E-state index contributed by atoms with van der Waals surface area (Å²) in [5.74, 6) is 1.88. The standard InChI is InChI=1S/C24H39N5O3/c1-5-25-24(29-17-19(2)22(18-29)23(30)32-4)26-11-6-12-27-13-15-28(16-14-27)20-7-9-21(31-3)10-8-20/h7-10,19,22H,5-6,11-18H2,1-4H3,(H,25,26). The van der Waals surface area contributed by atoms with Crippen LogP contribution in [0.2, 0.25) is 0 Å². The average Bonchev–Trinajstić information content (AvgIpc) is 3.22. The first-order valence-corrected chi connectivity index (χ1v) is 11.8. The van der Waals surface area contributed by atoms with Crippen LogP contribution in [0.5, 0.6) is 5.75 Å². The lowest BCUT2D eigenvalue weighted by Gasteiger charge is -2.36. The topological polar surface area (TPSA) is 69.6 Å². The number of carbonyl (C=O) groups excluding carboxylic acids is 1. The molecule has 2 aliphatic rings. The van der Waals surface area contributed by atoms with E-state index in [2.05, 4.69) is 46.0 Å². The summed E-state index contributed by atoms with van der Waals surface area (Å²) in [6.45, 7) is 12.6. The van der Waals surface area contributed by atoms with Gasteiger partial charge < -0.3 is 24.6 Å². The van der Waals surface area contributed by atoms with Gasteiger partial charge in [-0.1, -0.05) is 6.92 Å². The zero-order valence-corrected chi connectivity index (χ0v) is 20.0. The Balaban J connectivity index is 1.42. The Bertz CT molecular complexity index is 747. The van der Waals surface area contributed by atoms with Crippen molar-refractivity contribution in [2.45, 2.75) is 20.3 Å². The highest BCUT2D eigenvalue weighted by Gasteiger charge is 2.36. The van der Waals surface area contributed by atoms with Crippen molar-refractivity contribution in [2.75, 3.05) is 78.0 Å². The number of aliphatic imine (C=N–C) groups is 1. The van der Waals surface area contributed by atoms with E-state index in [1.165, 1.54) is 12.8 Å². The van der Waals surface area contributed by atoms with Crippen LogP contribution in [0.4, 0.5) is 5.69 Å². The Hall–Kier alpha value is -2.48. The van der Waals surface area contributed by atoms with Gasteiger partial charge in [-0.3, -0.25) is 14.7 Å². The van der Waals surface area contributed by atoms with E-state index in [1.54, 1.807) is 7.11 Å². The zero-order valence-electron chi connectivity index (χ0n) is 20.0. The molecule has 178 valence electrons. The molecule has 2 heterocycles. The van der Waals surface area contributed by atoms with Crippen LogP contribution in [0.1, 0.15) is 20.3 Å². The van der Waals surface area contributed by atoms with Crippen LogP contribution in [0.3, 0.4) is 0 Å². The molecule has 0 amide bonds. The molecule has 0 saturated carbocycles. The van der Waals surface area contributed by atoms with Gasteiger partial charge >= 0.3 is 5.97 Å². The van der Waals surface area contributed by atoms with E-state index in [-0.39, 0.29) is 17.8 Å². The number of esters is 1. The molecule has 1 N–H and O–H groups in total. The Kier molecular flexibility index (Phi) is 9.02. The van der Waals surface area contributed by atoms with Crippen LogP contribution < -0.4 is 15.0 Å². The number of rotatable bonds is 8. The predicted molar refractivity (Wildman–Crippen MR) is 128 cm³/mol. The summed E-state index contributed by atoms with van der Waals surface area (Å²) in [7, 11) is 3.16. The maximum atomic E-state index is 12.0. The number of carbonyl (C=O) groups is 1. The Morgan fingerprint density at radius 1 is 1.12 bits per heavy atom. The fourth-order valence-corrected chi connectivity index (χ4v) is 4.53. The number of piperazine rings is 1. The van der Waals surface area contributed by atoms with Crippen molar-refractivity contribution >= 4 is 17.6 Å². The lowest BCUT2D eigenvalue weighted by molar-refractivity contribution is -0.145. The fraction of sp³-hybridized carbons (Fsp3) is 0.667. The fourth-order valence-electron chi connectivity index (χ4n) is 4.53. The summed E-state index contributed by atoms with van der Waals surface area (Å²) in [6, 6.07) is 8.32. The van der Waals surface area contributed by atoms with Gasteiger partial charge in [0.05, 0.1) is 20.1 Å². The molecule has 2 unspecified atom stereocenters. The molecule has 3 rings (SSSR count). The first-order valence-electron chi connectivity index (χ1n) is 11.8. The van der Waals surface area contributed by atoms with Crippen LogP contribution in [0.15, 0.2) is 29.3 Å². The third kappa shape index (κ3) is 6.28. The first-order chi connectivity index (χ1) is 15.5. The minimum atomic E-state index is -0.121. The van der Waals surface area contributed by atoms with E-state index in [9.17, 15) is 4.79 Å². The third-order valence-corrected chi connectivity index (χ3v) is 6.45. The number of nitrogens with zero attached hydrogens (tertiary/aromatic N) is 4. The minimum Gasteiger partial charge on any atom is -0.497 e. The molecule has 8 nitrogen and oxygen atoms in total. The summed E-state index contributed by atoms with van der Waals surface area (Å²) in [5.41, 5.74) is 1.26. The SMILES string of the molecule is CCNC(=NCCCN1CCN(c2ccc(OC)cc2)CC1)N1CC(C)C(C(=O)OC)C1. The molecule has 8 heteroatoms. The first kappa shape index (κ1) is 24.2. The highest BCUT2D eigenvalue weighted by atomic mass is 16.5. The monoisotopic (exact) mass is 445 g/mol. The summed E-state index contributed by atoms with van der Waals surface area (Å²) in [6.07, 6.45) is 1.03. The number of guanidine groups is 1. The molecule has 32 heavy (non-hydrogen) atoms. The molecule has 2 saturated heterocycles. The van der Waals surface area contributed by atoms with E-state index < -0.39 is 0 Å². The molecule has 2 fully saturated rings. The van der Waals surface area contributed by atoms with Crippen molar-refractivity contribution in [2.24, 2.45) is 16.8 Å². The zero-order chi connectivity index (χ0) is 22.9. The second kappa shape index (κ2) is 11.9. The van der Waals surface area contributed by atoms with Crippen LogP contribution >= 0.6 is 0 Å². The molecule has 1 aromatic carbocycles. The van der Waals surface area contributed by atoms with Crippen LogP contribution in [0, 0.1) is 11.8 Å². The molecule has 2 atom stereocenters. The quantitative estimate of drug-likeness (QED) is 0.284. The van der Waals surface area contributed by atoms with E-state index in [4.69, 9.17) is 14.5 Å². The van der Waals surface area contributed by atoms with Gasteiger partial charge in [0.15, 0.2) is 5.96 Å². The van der Waals surface area contributed by atoms with Gasteiger partial charge in [-0.05, 0) is 43.5 Å². The third-order valence-electron chi connectivity index (χ3n) is 6.45. The van der Waals surface area contributed by atoms with Crippen molar-refractivity contribution in [3.63, 3.8) is 0 Å². The number of ether oxygens (including phenoxy) is 2. The van der Waals surface area contributed by atoms with Gasteiger partial charge in [-0.25, -0.2) is 0 Å². The summed E-state index contributed by atoms with van der Waals surface area (Å²) < 4.78 is 10.2. The van der Waals surface area contributed by atoms with Gasteiger partial charge in [0.1, 0.15) is 5.75 Å². The normalized spacial score (nSPS) is 22.2. The number of likely N-dealkylation sites (tertiary alicyclic amines) is 1. The molecular formula is C24H39N5O3. The van der Waals surface area contributed by atoms with Gasteiger partial charge in [0, 0.05) is 64.6 Å². The van der Waals surface area contributed by atoms with Gasteiger partial charge in [-0.2, -0.15) is 0 Å². The highest BCUT2D eigenvalue weighted by molar-refractivity contribution is 5.82. The van der Waals surface area contributed by atoms with Crippen molar-refractivity contribution in [3.05, 3.63) is 24.3 Å². The number of hydrogen-bond donors (Lipinski definition) is 1. The second-order valence-corrected chi connectivity index (χ2v) is 8.63. The molecule has 0 aliphatic carbocycles. The Morgan fingerprint density at radius 2 is 1.84 bits per heavy atom. The van der Waals surface area contributed by atoms with Crippen LogP contribution in [-0.2, 0) is 9.53 Å². The second-order valence-electron chi connectivity index (χ2n) is 8.63. The molecule has 0 bridgehead atoms. The molecule has 0 aromatic heterocycles. The lowest BCUT2D eigenvalue weighted by atomic mass is 9.99. The smallest absolute Gasteiger partial charge is 0.310 e. The van der Waals surface area contributed by atoms with Crippen molar-refractivity contribution in [1.29, 1.82) is 0 Å². The minimum absolute atomic E-state index is 0.0779. The summed E-state index contributed by atoms with van der Waals surface area (Å²) >= 11 is 0. The van der Waals surface area contributed by atoms with Crippen molar-refractivity contribution in [1.82, 2.24) is 15.1 Å². The highest BCUT2D eigenvalue weighted by Crippen LogP contribution is 2.24. The maximum Gasteiger partial charge on any atom is 0.310 e. The number of methoxy groups -OCH3 is 2. The Morgan fingerprint density at radius 3 is 2.47 bits per heavy atom. The number of nitrogens with one attached hydrogen (secondary N) is 1. The van der Waals surface area contributed by atoms with E-state index in [1.807, 2.05) is 12.1 Å². The summed E-state index contributed by atoms with van der Waals surface area (Å²) in [5, 5.41) is 3.39. The van der Waals surface area contributed by atoms with Crippen LogP contribution in [-0.4, -0.2) is 94.9 Å². The predicted octanol–water partition coefficient (Wildman–Crippen LogP) is 1.91. The number of hydrogen-bond acceptors (Lipinski definition) is 6. The van der Waals surface area contributed by atoms with Crippen molar-refractivity contribution < 1.29 is 14.3 Å². The number of anilines is 1. The Labute approximate surface area is 192 Å². The molecule has 1 aromatic rings. The average molecular weight is 446 g/mol. The van der Waals surface area contributed by atoms with Gasteiger partial charge in [-0.15, -0.1) is 0 Å². The molecule has 0 spiro atoms. The van der Waals surface area contributed by atoms with Crippen LogP contribution in [0.25, 0.3) is 0 Å². The van der Waals surface area contributed by atoms with Gasteiger partial charge in [0.25, 0.3) is 0 Å². The largest absolute Gasteiger partial charge is 0.497 e. The molecule has 0 radical (unpaired) electrons.